The maximum atomic E-state index is 12.5. The number of piperidine rings is 2. The molecular formula is C14H24N2O3. The molecule has 2 heterocycles. The standard InChI is InChI=1S/C14H24N2O3/c1-2-10-5-7-16(12(8-10)14(18)19)13(17)11-4-3-6-15-9-11/h10-12,15H,2-9H2,1H3,(H,18,19). The maximum absolute atomic E-state index is 12.5. The second kappa shape index (κ2) is 6.37. The zero-order valence-corrected chi connectivity index (χ0v) is 11.6. The van der Waals surface area contributed by atoms with Gasteiger partial charge in [-0.25, -0.2) is 4.79 Å². The van der Waals surface area contributed by atoms with Crippen LogP contribution < -0.4 is 5.32 Å². The highest BCUT2D eigenvalue weighted by molar-refractivity contribution is 5.85. The van der Waals surface area contributed by atoms with Crippen molar-refractivity contribution in [2.45, 2.75) is 45.1 Å². The van der Waals surface area contributed by atoms with Crippen LogP contribution in [0.4, 0.5) is 0 Å². The van der Waals surface area contributed by atoms with Crippen molar-refractivity contribution in [2.24, 2.45) is 11.8 Å². The van der Waals surface area contributed by atoms with Crippen LogP contribution in [0, 0.1) is 11.8 Å². The SMILES string of the molecule is CCC1CCN(C(=O)C2CCCNC2)C(C(=O)O)C1. The number of carbonyl (C=O) groups excluding carboxylic acids is 1. The molecule has 0 saturated carbocycles. The van der Waals surface area contributed by atoms with Gasteiger partial charge in [-0.15, -0.1) is 0 Å². The lowest BCUT2D eigenvalue weighted by Gasteiger charge is -2.39. The molecule has 3 atom stereocenters. The van der Waals surface area contributed by atoms with Gasteiger partial charge in [0.2, 0.25) is 5.91 Å². The highest BCUT2D eigenvalue weighted by Gasteiger charge is 2.38. The molecule has 0 aliphatic carbocycles. The van der Waals surface area contributed by atoms with Gasteiger partial charge >= 0.3 is 5.97 Å². The summed E-state index contributed by atoms with van der Waals surface area (Å²) in [5.41, 5.74) is 0. The minimum absolute atomic E-state index is 0.0335. The lowest BCUT2D eigenvalue weighted by atomic mass is 9.87. The second-order valence-electron chi connectivity index (χ2n) is 5.73. The molecule has 0 bridgehead atoms. The van der Waals surface area contributed by atoms with Crippen molar-refractivity contribution in [3.63, 3.8) is 0 Å². The number of likely N-dealkylation sites (tertiary alicyclic amines) is 1. The number of carbonyl (C=O) groups is 2. The molecule has 19 heavy (non-hydrogen) atoms. The molecule has 5 nitrogen and oxygen atoms in total. The monoisotopic (exact) mass is 268 g/mol. The topological polar surface area (TPSA) is 69.6 Å². The Hall–Kier alpha value is -1.10. The molecule has 2 aliphatic rings. The first-order valence-corrected chi connectivity index (χ1v) is 7.37. The summed E-state index contributed by atoms with van der Waals surface area (Å²) in [6.07, 6.45) is 4.42. The van der Waals surface area contributed by atoms with Crippen molar-refractivity contribution < 1.29 is 14.7 Å². The predicted molar refractivity (Wildman–Crippen MR) is 71.7 cm³/mol. The van der Waals surface area contributed by atoms with Gasteiger partial charge in [-0.1, -0.05) is 13.3 Å². The van der Waals surface area contributed by atoms with Gasteiger partial charge in [0, 0.05) is 13.1 Å². The van der Waals surface area contributed by atoms with Crippen LogP contribution >= 0.6 is 0 Å². The number of amides is 1. The smallest absolute Gasteiger partial charge is 0.326 e. The molecular weight excluding hydrogens is 244 g/mol. The number of hydrogen-bond acceptors (Lipinski definition) is 3. The fourth-order valence-corrected chi connectivity index (χ4v) is 3.20. The molecule has 2 N–H and O–H groups in total. The van der Waals surface area contributed by atoms with Crippen molar-refractivity contribution >= 4 is 11.9 Å². The largest absolute Gasteiger partial charge is 0.480 e. The van der Waals surface area contributed by atoms with Gasteiger partial charge in [0.1, 0.15) is 6.04 Å². The summed E-state index contributed by atoms with van der Waals surface area (Å²) in [5, 5.41) is 12.6. The van der Waals surface area contributed by atoms with Crippen LogP contribution in [-0.2, 0) is 9.59 Å². The summed E-state index contributed by atoms with van der Waals surface area (Å²) < 4.78 is 0. The molecule has 108 valence electrons. The zero-order valence-electron chi connectivity index (χ0n) is 11.6. The second-order valence-corrected chi connectivity index (χ2v) is 5.73. The van der Waals surface area contributed by atoms with Crippen molar-refractivity contribution in [3.05, 3.63) is 0 Å². The molecule has 3 unspecified atom stereocenters. The highest BCUT2D eigenvalue weighted by Crippen LogP contribution is 2.27. The first-order chi connectivity index (χ1) is 9.13. The summed E-state index contributed by atoms with van der Waals surface area (Å²) in [6, 6.07) is -0.617. The van der Waals surface area contributed by atoms with Crippen LogP contribution in [0.2, 0.25) is 0 Å². The van der Waals surface area contributed by atoms with E-state index in [1.807, 2.05) is 0 Å². The van der Waals surface area contributed by atoms with E-state index in [2.05, 4.69) is 12.2 Å². The molecule has 2 rings (SSSR count). The van der Waals surface area contributed by atoms with E-state index in [0.29, 0.717) is 25.4 Å². The molecule has 1 amide bonds. The van der Waals surface area contributed by atoms with Gasteiger partial charge in [-0.3, -0.25) is 4.79 Å². The van der Waals surface area contributed by atoms with E-state index < -0.39 is 12.0 Å². The lowest BCUT2D eigenvalue weighted by molar-refractivity contribution is -0.155. The maximum Gasteiger partial charge on any atom is 0.326 e. The quantitative estimate of drug-likeness (QED) is 0.804. The molecule has 2 aliphatic heterocycles. The summed E-state index contributed by atoms with van der Waals surface area (Å²) in [7, 11) is 0. The lowest BCUT2D eigenvalue weighted by Crippen LogP contribution is -2.53. The van der Waals surface area contributed by atoms with E-state index in [9.17, 15) is 14.7 Å². The van der Waals surface area contributed by atoms with Gasteiger partial charge < -0.3 is 15.3 Å². The van der Waals surface area contributed by atoms with E-state index in [-0.39, 0.29) is 11.8 Å². The Labute approximate surface area is 114 Å². The average molecular weight is 268 g/mol. The number of carboxylic acids is 1. The van der Waals surface area contributed by atoms with E-state index in [1.54, 1.807) is 4.90 Å². The Kier molecular flexibility index (Phi) is 4.80. The Morgan fingerprint density at radius 3 is 2.74 bits per heavy atom. The predicted octanol–water partition coefficient (Wildman–Crippen LogP) is 1.09. The molecule has 0 spiro atoms. The molecule has 5 heteroatoms. The first kappa shape index (κ1) is 14.3. The Morgan fingerprint density at radius 2 is 2.16 bits per heavy atom. The molecule has 2 fully saturated rings. The average Bonchev–Trinajstić information content (AvgIpc) is 2.46. The number of rotatable bonds is 3. The normalized spacial score (nSPS) is 32.1. The van der Waals surface area contributed by atoms with E-state index >= 15 is 0 Å². The number of aliphatic carboxylic acids is 1. The third-order valence-electron chi connectivity index (χ3n) is 4.50. The fraction of sp³-hybridized carbons (Fsp3) is 0.857. The summed E-state index contributed by atoms with van der Waals surface area (Å²) >= 11 is 0. The first-order valence-electron chi connectivity index (χ1n) is 7.37. The summed E-state index contributed by atoms with van der Waals surface area (Å²) in [4.78, 5) is 25.5. The van der Waals surface area contributed by atoms with Gasteiger partial charge in [-0.2, -0.15) is 0 Å². The van der Waals surface area contributed by atoms with E-state index in [0.717, 1.165) is 32.2 Å². The summed E-state index contributed by atoms with van der Waals surface area (Å²) in [5.74, 6) is -0.409. The number of hydrogen-bond donors (Lipinski definition) is 2. The summed E-state index contributed by atoms with van der Waals surface area (Å²) in [6.45, 7) is 4.35. The van der Waals surface area contributed by atoms with Crippen LogP contribution in [0.5, 0.6) is 0 Å². The Balaban J connectivity index is 2.03. The van der Waals surface area contributed by atoms with Gasteiger partial charge in [0.15, 0.2) is 0 Å². The van der Waals surface area contributed by atoms with Gasteiger partial charge in [0.25, 0.3) is 0 Å². The minimum atomic E-state index is -0.852. The molecule has 2 saturated heterocycles. The number of nitrogens with zero attached hydrogens (tertiary/aromatic N) is 1. The fourth-order valence-electron chi connectivity index (χ4n) is 3.20. The highest BCUT2D eigenvalue weighted by atomic mass is 16.4. The van der Waals surface area contributed by atoms with Crippen molar-refractivity contribution in [1.82, 2.24) is 10.2 Å². The van der Waals surface area contributed by atoms with Crippen LogP contribution in [0.25, 0.3) is 0 Å². The van der Waals surface area contributed by atoms with Crippen molar-refractivity contribution in [1.29, 1.82) is 0 Å². The van der Waals surface area contributed by atoms with Crippen LogP contribution in [0.1, 0.15) is 39.0 Å². The van der Waals surface area contributed by atoms with Crippen LogP contribution in [-0.4, -0.2) is 47.6 Å². The number of nitrogens with one attached hydrogen (secondary N) is 1. The van der Waals surface area contributed by atoms with E-state index in [1.165, 1.54) is 0 Å². The van der Waals surface area contributed by atoms with Crippen molar-refractivity contribution in [3.8, 4) is 0 Å². The third kappa shape index (κ3) is 3.26. The van der Waals surface area contributed by atoms with Gasteiger partial charge in [0.05, 0.1) is 5.92 Å². The molecule has 0 aromatic carbocycles. The molecule has 0 radical (unpaired) electrons. The molecule has 0 aromatic rings. The van der Waals surface area contributed by atoms with Crippen LogP contribution in [0.15, 0.2) is 0 Å². The minimum Gasteiger partial charge on any atom is -0.480 e. The zero-order chi connectivity index (χ0) is 13.8. The molecule has 0 aromatic heterocycles. The Bertz CT molecular complexity index is 340. The van der Waals surface area contributed by atoms with Gasteiger partial charge in [-0.05, 0) is 38.1 Å². The van der Waals surface area contributed by atoms with E-state index in [4.69, 9.17) is 0 Å². The number of carboxylic acid groups (broad SMARTS) is 1. The van der Waals surface area contributed by atoms with Crippen molar-refractivity contribution in [2.75, 3.05) is 19.6 Å². The third-order valence-corrected chi connectivity index (χ3v) is 4.50. The Morgan fingerprint density at radius 1 is 1.37 bits per heavy atom. The van der Waals surface area contributed by atoms with Crippen LogP contribution in [0.3, 0.4) is 0 Å².